The highest BCUT2D eigenvalue weighted by Gasteiger charge is 2.37. The van der Waals surface area contributed by atoms with Gasteiger partial charge in [-0.15, -0.1) is 0 Å². The number of carbonyl (C=O) groups excluding carboxylic acids is 2. The second-order valence-corrected chi connectivity index (χ2v) is 5.48. The molecule has 6 heteroatoms. The Morgan fingerprint density at radius 2 is 2.29 bits per heavy atom. The van der Waals surface area contributed by atoms with Gasteiger partial charge in [0.2, 0.25) is 11.8 Å². The molecule has 1 aliphatic heterocycles. The maximum Gasteiger partial charge on any atom is 0.239 e. The number of hydrogen-bond donors (Lipinski definition) is 1. The van der Waals surface area contributed by atoms with Gasteiger partial charge in [-0.3, -0.25) is 9.59 Å². The predicted octanol–water partition coefficient (Wildman–Crippen LogP) is 1.76. The average molecular weight is 311 g/mol. The van der Waals surface area contributed by atoms with Crippen molar-refractivity contribution in [1.82, 2.24) is 5.32 Å². The average Bonchev–Trinajstić information content (AvgIpc) is 2.83. The molecule has 114 valence electrons. The molecule has 0 saturated carbocycles. The van der Waals surface area contributed by atoms with Crippen LogP contribution in [0, 0.1) is 12.8 Å². The molecule has 1 saturated heterocycles. The minimum atomic E-state index is -0.625. The first-order valence-electron chi connectivity index (χ1n) is 6.88. The molecule has 0 spiro atoms. The lowest BCUT2D eigenvalue weighted by atomic mass is 10.1. The Labute approximate surface area is 129 Å². The minimum Gasteiger partial charge on any atom is -0.383 e. The molecular formula is C15H19ClN2O3. The summed E-state index contributed by atoms with van der Waals surface area (Å²) >= 11 is 6.00. The third kappa shape index (κ3) is 3.54. The first kappa shape index (κ1) is 15.8. The second kappa shape index (κ2) is 6.91. The topological polar surface area (TPSA) is 58.6 Å². The number of nitrogens with zero attached hydrogens (tertiary/aromatic N) is 1. The number of hydrogen-bond acceptors (Lipinski definition) is 3. The molecule has 1 atom stereocenters. The third-order valence-electron chi connectivity index (χ3n) is 3.59. The fraction of sp³-hybridized carbons (Fsp3) is 0.467. The van der Waals surface area contributed by atoms with Gasteiger partial charge < -0.3 is 15.0 Å². The van der Waals surface area contributed by atoms with E-state index < -0.39 is 5.92 Å². The molecule has 1 aromatic carbocycles. The van der Waals surface area contributed by atoms with E-state index >= 15 is 0 Å². The molecule has 1 aliphatic rings. The third-order valence-corrected chi connectivity index (χ3v) is 3.82. The number of ether oxygens (including phenoxy) is 1. The van der Waals surface area contributed by atoms with Gasteiger partial charge in [-0.25, -0.2) is 0 Å². The zero-order chi connectivity index (χ0) is 15.4. The van der Waals surface area contributed by atoms with Crippen LogP contribution in [0.4, 0.5) is 5.69 Å². The summed E-state index contributed by atoms with van der Waals surface area (Å²) in [4.78, 5) is 26.1. The lowest BCUT2D eigenvalue weighted by Crippen LogP contribution is -2.38. The molecule has 1 unspecified atom stereocenters. The Morgan fingerprint density at radius 3 is 3.00 bits per heavy atom. The molecule has 0 bridgehead atoms. The van der Waals surface area contributed by atoms with Crippen LogP contribution in [-0.2, 0) is 14.3 Å². The summed E-state index contributed by atoms with van der Waals surface area (Å²) in [5.74, 6) is -1.03. The number of nitrogens with one attached hydrogen (secondary N) is 1. The summed E-state index contributed by atoms with van der Waals surface area (Å²) in [6.07, 6.45) is 0.517. The number of benzene rings is 1. The van der Waals surface area contributed by atoms with Gasteiger partial charge in [-0.05, 0) is 31.0 Å². The van der Waals surface area contributed by atoms with Crippen LogP contribution in [0.5, 0.6) is 0 Å². The van der Waals surface area contributed by atoms with Crippen molar-refractivity contribution in [3.05, 3.63) is 28.8 Å². The molecule has 0 aromatic heterocycles. The van der Waals surface area contributed by atoms with E-state index in [1.807, 2.05) is 13.0 Å². The summed E-state index contributed by atoms with van der Waals surface area (Å²) < 4.78 is 4.88. The van der Waals surface area contributed by atoms with Crippen LogP contribution in [0.25, 0.3) is 0 Å². The second-order valence-electron chi connectivity index (χ2n) is 5.05. The fourth-order valence-corrected chi connectivity index (χ4v) is 2.60. The maximum absolute atomic E-state index is 12.4. The van der Waals surface area contributed by atoms with E-state index in [-0.39, 0.29) is 11.8 Å². The number of rotatable bonds is 5. The Balaban J connectivity index is 2.07. The standard InChI is InChI=1S/C15H19ClN2O3/c1-10-3-4-11(16)9-13(10)18-7-5-12(15(18)20)14(19)17-6-8-21-2/h3-4,9,12H,5-8H2,1-2H3,(H,17,19). The van der Waals surface area contributed by atoms with Crippen LogP contribution in [0.2, 0.25) is 5.02 Å². The normalized spacial score (nSPS) is 18.1. The van der Waals surface area contributed by atoms with Crippen molar-refractivity contribution in [1.29, 1.82) is 0 Å². The Kier molecular flexibility index (Phi) is 5.20. The monoisotopic (exact) mass is 310 g/mol. The van der Waals surface area contributed by atoms with Crippen LogP contribution >= 0.6 is 11.6 Å². The van der Waals surface area contributed by atoms with E-state index in [9.17, 15) is 9.59 Å². The Bertz CT molecular complexity index is 548. The lowest BCUT2D eigenvalue weighted by Gasteiger charge is -2.19. The summed E-state index contributed by atoms with van der Waals surface area (Å²) in [5, 5.41) is 3.30. The van der Waals surface area contributed by atoms with Crippen LogP contribution in [0.1, 0.15) is 12.0 Å². The first-order valence-corrected chi connectivity index (χ1v) is 7.26. The molecule has 5 nitrogen and oxygen atoms in total. The van der Waals surface area contributed by atoms with Crippen molar-refractivity contribution >= 4 is 29.1 Å². The Morgan fingerprint density at radius 1 is 1.52 bits per heavy atom. The molecule has 0 aliphatic carbocycles. The van der Waals surface area contributed by atoms with Gasteiger partial charge in [0.15, 0.2) is 0 Å². The van der Waals surface area contributed by atoms with E-state index in [1.54, 1.807) is 24.1 Å². The SMILES string of the molecule is COCCNC(=O)C1CCN(c2cc(Cl)ccc2C)C1=O. The zero-order valence-electron chi connectivity index (χ0n) is 12.2. The molecule has 21 heavy (non-hydrogen) atoms. The lowest BCUT2D eigenvalue weighted by molar-refractivity contribution is -0.132. The molecule has 1 fully saturated rings. The van der Waals surface area contributed by atoms with Crippen LogP contribution in [0.3, 0.4) is 0 Å². The summed E-state index contributed by atoms with van der Waals surface area (Å²) in [7, 11) is 1.57. The number of aryl methyl sites for hydroxylation is 1. The van der Waals surface area contributed by atoms with Crippen LogP contribution in [-0.4, -0.2) is 38.6 Å². The van der Waals surface area contributed by atoms with Gasteiger partial charge in [0, 0.05) is 30.9 Å². The Hall–Kier alpha value is -1.59. The van der Waals surface area contributed by atoms with E-state index in [2.05, 4.69) is 5.32 Å². The molecule has 2 rings (SSSR count). The minimum absolute atomic E-state index is 0.171. The van der Waals surface area contributed by atoms with Gasteiger partial charge >= 0.3 is 0 Å². The van der Waals surface area contributed by atoms with Crippen molar-refractivity contribution < 1.29 is 14.3 Å². The molecule has 1 aromatic rings. The fourth-order valence-electron chi connectivity index (χ4n) is 2.44. The molecular weight excluding hydrogens is 292 g/mol. The van der Waals surface area contributed by atoms with E-state index in [0.717, 1.165) is 11.3 Å². The number of carbonyl (C=O) groups is 2. The van der Waals surface area contributed by atoms with Gasteiger partial charge in [-0.1, -0.05) is 17.7 Å². The molecule has 1 heterocycles. The van der Waals surface area contributed by atoms with E-state index in [0.29, 0.717) is 31.1 Å². The van der Waals surface area contributed by atoms with Crippen molar-refractivity contribution in [2.24, 2.45) is 5.92 Å². The van der Waals surface area contributed by atoms with Crippen molar-refractivity contribution in [2.75, 3.05) is 31.7 Å². The number of halogens is 1. The predicted molar refractivity (Wildman–Crippen MR) is 81.5 cm³/mol. The molecule has 0 radical (unpaired) electrons. The molecule has 2 amide bonds. The van der Waals surface area contributed by atoms with Gasteiger partial charge in [-0.2, -0.15) is 0 Å². The van der Waals surface area contributed by atoms with Crippen molar-refractivity contribution in [3.8, 4) is 0 Å². The van der Waals surface area contributed by atoms with E-state index in [4.69, 9.17) is 16.3 Å². The summed E-state index contributed by atoms with van der Waals surface area (Å²) in [6.45, 7) is 3.30. The van der Waals surface area contributed by atoms with Crippen LogP contribution < -0.4 is 10.2 Å². The van der Waals surface area contributed by atoms with E-state index in [1.165, 1.54) is 0 Å². The summed E-state index contributed by atoms with van der Waals surface area (Å²) in [6, 6.07) is 5.42. The van der Waals surface area contributed by atoms with Gasteiger partial charge in [0.05, 0.1) is 6.61 Å². The number of anilines is 1. The summed E-state index contributed by atoms with van der Waals surface area (Å²) in [5.41, 5.74) is 1.74. The smallest absolute Gasteiger partial charge is 0.239 e. The quantitative estimate of drug-likeness (QED) is 0.666. The van der Waals surface area contributed by atoms with Crippen molar-refractivity contribution in [2.45, 2.75) is 13.3 Å². The highest BCUT2D eigenvalue weighted by molar-refractivity contribution is 6.31. The number of amides is 2. The molecule has 1 N–H and O–H groups in total. The first-order chi connectivity index (χ1) is 10.0. The number of methoxy groups -OCH3 is 1. The van der Waals surface area contributed by atoms with Gasteiger partial charge in [0.1, 0.15) is 5.92 Å². The van der Waals surface area contributed by atoms with Gasteiger partial charge in [0.25, 0.3) is 0 Å². The van der Waals surface area contributed by atoms with Crippen LogP contribution in [0.15, 0.2) is 18.2 Å². The largest absolute Gasteiger partial charge is 0.383 e. The highest BCUT2D eigenvalue weighted by Crippen LogP contribution is 2.30. The van der Waals surface area contributed by atoms with Crippen molar-refractivity contribution in [3.63, 3.8) is 0 Å². The zero-order valence-corrected chi connectivity index (χ0v) is 12.9. The maximum atomic E-state index is 12.4. The highest BCUT2D eigenvalue weighted by atomic mass is 35.5.